The van der Waals surface area contributed by atoms with E-state index in [1.165, 1.54) is 0 Å². The van der Waals surface area contributed by atoms with Gasteiger partial charge >= 0.3 is 6.09 Å². The highest BCUT2D eigenvalue weighted by Gasteiger charge is 2.41. The number of piperidine rings is 1. The van der Waals surface area contributed by atoms with Gasteiger partial charge in [-0.25, -0.2) is 18.6 Å². The molecule has 1 aromatic rings. The molecular weight excluding hydrogens is 498 g/mol. The summed E-state index contributed by atoms with van der Waals surface area (Å²) in [5.41, 5.74) is 0.239. The van der Waals surface area contributed by atoms with E-state index < -0.39 is 42.5 Å². The van der Waals surface area contributed by atoms with Gasteiger partial charge in [0.15, 0.2) is 0 Å². The lowest BCUT2D eigenvalue weighted by atomic mass is 10.0. The zero-order valence-electron chi connectivity index (χ0n) is 22.1. The molecule has 0 aliphatic carbocycles. The molecule has 3 atom stereocenters. The lowest BCUT2D eigenvalue weighted by Crippen LogP contribution is -2.54. The Kier molecular flexibility index (Phi) is 8.22. The SMILES string of the molecule is CC(C)(C)OC(=O)N[C@@H](CC(=O)N1CCC[C@H]1C1=N[C@@H](c2ccccc2)CO1)CN1CC(F)(F)CCC1=O. The summed E-state index contributed by atoms with van der Waals surface area (Å²) < 4.78 is 39.3. The highest BCUT2D eigenvalue weighted by Crippen LogP contribution is 2.30. The Morgan fingerprint density at radius 3 is 2.71 bits per heavy atom. The van der Waals surface area contributed by atoms with Crippen molar-refractivity contribution in [1.82, 2.24) is 15.1 Å². The van der Waals surface area contributed by atoms with Gasteiger partial charge in [0.1, 0.15) is 24.3 Å². The molecule has 208 valence electrons. The minimum atomic E-state index is -3.01. The second kappa shape index (κ2) is 11.2. The molecule has 9 nitrogen and oxygen atoms in total. The standard InChI is InChI=1S/C27H36F2N4O5/c1-26(2,3)38-25(36)30-19(15-32-17-27(28,29)12-11-22(32)34)14-23(35)33-13-7-10-21(33)24-31-20(16-37-24)18-8-5-4-6-9-18/h4-6,8-9,19-21H,7,10-17H2,1-3H3,(H,30,36)/t19-,20+,21-/m0/s1. The smallest absolute Gasteiger partial charge is 0.407 e. The van der Waals surface area contributed by atoms with Gasteiger partial charge in [-0.05, 0) is 39.2 Å². The number of amides is 3. The van der Waals surface area contributed by atoms with Crippen LogP contribution in [-0.2, 0) is 19.1 Å². The van der Waals surface area contributed by atoms with Crippen molar-refractivity contribution in [3.05, 3.63) is 35.9 Å². The molecule has 1 aromatic carbocycles. The first-order chi connectivity index (χ1) is 17.9. The van der Waals surface area contributed by atoms with Crippen molar-refractivity contribution in [1.29, 1.82) is 0 Å². The average molecular weight is 535 g/mol. The number of rotatable bonds is 7. The summed E-state index contributed by atoms with van der Waals surface area (Å²) in [5, 5.41) is 2.63. The molecule has 38 heavy (non-hydrogen) atoms. The molecule has 2 saturated heterocycles. The molecule has 2 fully saturated rings. The molecule has 0 unspecified atom stereocenters. The minimum Gasteiger partial charge on any atom is -0.477 e. The molecule has 0 saturated carbocycles. The molecule has 0 radical (unpaired) electrons. The molecule has 0 aromatic heterocycles. The van der Waals surface area contributed by atoms with Crippen LogP contribution >= 0.6 is 0 Å². The van der Waals surface area contributed by atoms with Gasteiger partial charge in [-0.2, -0.15) is 0 Å². The summed E-state index contributed by atoms with van der Waals surface area (Å²) in [4.78, 5) is 45.8. The van der Waals surface area contributed by atoms with Crippen LogP contribution in [0.2, 0.25) is 0 Å². The van der Waals surface area contributed by atoms with E-state index in [1.54, 1.807) is 25.7 Å². The lowest BCUT2D eigenvalue weighted by Gasteiger charge is -2.35. The minimum absolute atomic E-state index is 0.142. The molecule has 3 amide bonds. The normalized spacial score (nSPS) is 24.0. The third-order valence-electron chi connectivity index (χ3n) is 6.78. The van der Waals surface area contributed by atoms with Gasteiger partial charge in [0, 0.05) is 32.4 Å². The maximum atomic E-state index is 14.0. The number of carbonyl (C=O) groups is 3. The summed E-state index contributed by atoms with van der Waals surface area (Å²) in [6, 6.07) is 8.40. The Balaban J connectivity index is 1.46. The van der Waals surface area contributed by atoms with Gasteiger partial charge < -0.3 is 24.6 Å². The van der Waals surface area contributed by atoms with E-state index in [9.17, 15) is 23.2 Å². The third-order valence-corrected chi connectivity index (χ3v) is 6.78. The summed E-state index contributed by atoms with van der Waals surface area (Å²) >= 11 is 0. The molecule has 3 aliphatic heterocycles. The number of alkyl halides is 2. The van der Waals surface area contributed by atoms with Crippen LogP contribution < -0.4 is 5.32 Å². The van der Waals surface area contributed by atoms with Crippen LogP contribution in [0.15, 0.2) is 35.3 Å². The molecule has 11 heteroatoms. The first-order valence-corrected chi connectivity index (χ1v) is 13.1. The number of carbonyl (C=O) groups excluding carboxylic acids is 3. The molecule has 3 aliphatic rings. The van der Waals surface area contributed by atoms with Crippen molar-refractivity contribution in [2.75, 3.05) is 26.2 Å². The molecule has 0 spiro atoms. The van der Waals surface area contributed by atoms with E-state index >= 15 is 0 Å². The number of hydrogen-bond donors (Lipinski definition) is 1. The number of hydrogen-bond acceptors (Lipinski definition) is 6. The Hall–Kier alpha value is -3.24. The van der Waals surface area contributed by atoms with E-state index in [0.717, 1.165) is 16.9 Å². The first kappa shape index (κ1) is 27.8. The van der Waals surface area contributed by atoms with Crippen molar-refractivity contribution < 1.29 is 32.6 Å². The third kappa shape index (κ3) is 7.20. The number of halogens is 2. The van der Waals surface area contributed by atoms with Crippen LogP contribution in [0, 0.1) is 0 Å². The summed E-state index contributed by atoms with van der Waals surface area (Å²) in [6.45, 7) is 5.01. The second-order valence-electron chi connectivity index (χ2n) is 11.1. The number of aliphatic imine (C=N–C) groups is 1. The fraction of sp³-hybridized carbons (Fsp3) is 0.630. The van der Waals surface area contributed by atoms with Gasteiger partial charge in [-0.15, -0.1) is 0 Å². The van der Waals surface area contributed by atoms with Gasteiger partial charge in [0.2, 0.25) is 17.7 Å². The average Bonchev–Trinajstić information content (AvgIpc) is 3.50. The van der Waals surface area contributed by atoms with Crippen LogP contribution in [0.3, 0.4) is 0 Å². The van der Waals surface area contributed by atoms with Crippen molar-refractivity contribution in [2.45, 2.75) is 82.5 Å². The summed E-state index contributed by atoms with van der Waals surface area (Å²) in [7, 11) is 0. The van der Waals surface area contributed by atoms with Crippen LogP contribution in [0.4, 0.5) is 13.6 Å². The van der Waals surface area contributed by atoms with E-state index in [-0.39, 0.29) is 37.4 Å². The first-order valence-electron chi connectivity index (χ1n) is 13.1. The predicted octanol–water partition coefficient (Wildman–Crippen LogP) is 3.69. The predicted molar refractivity (Wildman–Crippen MR) is 136 cm³/mol. The van der Waals surface area contributed by atoms with Crippen molar-refractivity contribution >= 4 is 23.8 Å². The Bertz CT molecular complexity index is 1060. The second-order valence-corrected chi connectivity index (χ2v) is 11.1. The molecule has 0 bridgehead atoms. The van der Waals surface area contributed by atoms with Gasteiger partial charge in [-0.3, -0.25) is 9.59 Å². The summed E-state index contributed by atoms with van der Waals surface area (Å²) in [5.74, 6) is -3.22. The topological polar surface area (TPSA) is 101 Å². The highest BCUT2D eigenvalue weighted by molar-refractivity contribution is 5.89. The van der Waals surface area contributed by atoms with E-state index in [1.807, 2.05) is 30.3 Å². The Morgan fingerprint density at radius 1 is 1.26 bits per heavy atom. The molecule has 1 N–H and O–H groups in total. The quantitative estimate of drug-likeness (QED) is 0.575. The molecular formula is C27H36F2N4O5. The highest BCUT2D eigenvalue weighted by atomic mass is 19.3. The lowest BCUT2D eigenvalue weighted by molar-refractivity contribution is -0.148. The van der Waals surface area contributed by atoms with Crippen LogP contribution in [0.25, 0.3) is 0 Å². The van der Waals surface area contributed by atoms with E-state index in [2.05, 4.69) is 5.32 Å². The maximum Gasteiger partial charge on any atom is 0.407 e. The molecule has 3 heterocycles. The van der Waals surface area contributed by atoms with Crippen molar-refractivity contribution in [2.24, 2.45) is 4.99 Å². The Morgan fingerprint density at radius 2 is 2.00 bits per heavy atom. The number of benzene rings is 1. The number of alkyl carbamates (subject to hydrolysis) is 1. The fourth-order valence-corrected chi connectivity index (χ4v) is 5.03. The maximum absolute atomic E-state index is 14.0. The van der Waals surface area contributed by atoms with Crippen LogP contribution in [0.5, 0.6) is 0 Å². The van der Waals surface area contributed by atoms with Crippen molar-refractivity contribution in [3.8, 4) is 0 Å². The van der Waals surface area contributed by atoms with E-state index in [4.69, 9.17) is 14.5 Å². The van der Waals surface area contributed by atoms with Gasteiger partial charge in [0.05, 0.1) is 12.6 Å². The number of ether oxygens (including phenoxy) is 2. The van der Waals surface area contributed by atoms with Gasteiger partial charge in [0.25, 0.3) is 5.92 Å². The van der Waals surface area contributed by atoms with Crippen LogP contribution in [0.1, 0.15) is 64.5 Å². The van der Waals surface area contributed by atoms with E-state index in [0.29, 0.717) is 25.5 Å². The fourth-order valence-electron chi connectivity index (χ4n) is 5.03. The number of nitrogens with one attached hydrogen (secondary N) is 1. The molecule has 4 rings (SSSR count). The zero-order chi connectivity index (χ0) is 27.5. The monoisotopic (exact) mass is 534 g/mol. The summed E-state index contributed by atoms with van der Waals surface area (Å²) in [6.07, 6.45) is -0.302. The van der Waals surface area contributed by atoms with Crippen molar-refractivity contribution in [3.63, 3.8) is 0 Å². The van der Waals surface area contributed by atoms with Gasteiger partial charge in [-0.1, -0.05) is 30.3 Å². The number of nitrogens with zero attached hydrogens (tertiary/aromatic N) is 3. The largest absolute Gasteiger partial charge is 0.477 e. The number of likely N-dealkylation sites (tertiary alicyclic amines) is 2. The van der Waals surface area contributed by atoms with Crippen LogP contribution in [-0.4, -0.2) is 83.5 Å². The Labute approximate surface area is 221 Å². The zero-order valence-corrected chi connectivity index (χ0v) is 22.1.